The molecule has 96 valence electrons. The van der Waals surface area contributed by atoms with Gasteiger partial charge in [0.1, 0.15) is 5.41 Å². The van der Waals surface area contributed by atoms with Crippen LogP contribution in [0.1, 0.15) is 27.2 Å². The van der Waals surface area contributed by atoms with Crippen molar-refractivity contribution in [1.29, 1.82) is 0 Å². The van der Waals surface area contributed by atoms with Gasteiger partial charge in [0.2, 0.25) is 5.91 Å². The minimum absolute atomic E-state index is 0.0492. The summed E-state index contributed by atoms with van der Waals surface area (Å²) in [5.74, 6) is 0.786. The van der Waals surface area contributed by atoms with Crippen LogP contribution in [0.3, 0.4) is 0 Å². The second kappa shape index (κ2) is 4.65. The predicted octanol–water partition coefficient (Wildman–Crippen LogP) is 1.26. The van der Waals surface area contributed by atoms with Crippen LogP contribution >= 0.6 is 0 Å². The number of imide groups is 2. The van der Waals surface area contributed by atoms with Gasteiger partial charge in [-0.05, 0) is 12.8 Å². The molecular weight excluding hydrogens is 232 g/mol. The molecule has 1 N–H and O–H groups in total. The zero-order valence-corrected chi connectivity index (χ0v) is 10.7. The van der Waals surface area contributed by atoms with Gasteiger partial charge in [-0.3, -0.25) is 14.9 Å². The highest BCUT2D eigenvalue weighted by Gasteiger charge is 2.55. The molecule has 1 fully saturated rings. The first kappa shape index (κ1) is 14.0. The Kier molecular flexibility index (Phi) is 3.61. The maximum atomic E-state index is 12.4. The number of barbiturate groups is 1. The number of carbonyl (C=O) groups is 3. The van der Waals surface area contributed by atoms with Gasteiger partial charge in [-0.25, -0.2) is 9.69 Å². The topological polar surface area (TPSA) is 66.5 Å². The van der Waals surface area contributed by atoms with Gasteiger partial charge >= 0.3 is 6.03 Å². The first-order valence-electron chi connectivity index (χ1n) is 5.58. The van der Waals surface area contributed by atoms with Crippen molar-refractivity contribution in [3.05, 3.63) is 12.3 Å². The Bertz CT molecular complexity index is 473. The number of rotatable bonds is 3. The maximum Gasteiger partial charge on any atom is 0.335 e. The highest BCUT2D eigenvalue weighted by Crippen LogP contribution is 2.37. The number of carbonyl (C=O) groups excluding carboxylic acids is 3. The average Bonchev–Trinajstić information content (AvgIpc) is 2.22. The SMILES string of the molecule is C#CCC1(C(C)C)C(=O)NC(=O)N(C(=C)C)C1=O. The fourth-order valence-corrected chi connectivity index (χ4v) is 2.03. The van der Waals surface area contributed by atoms with E-state index < -0.39 is 23.3 Å². The standard InChI is InChI=1S/C13H16N2O3/c1-6-7-13(8(2)3)10(16)14-12(18)15(9(4)5)11(13)17/h1,8H,4,7H2,2-3,5H3,(H,14,16,18). The van der Waals surface area contributed by atoms with Gasteiger partial charge in [-0.15, -0.1) is 12.3 Å². The normalized spacial score (nSPS) is 23.9. The van der Waals surface area contributed by atoms with E-state index in [-0.39, 0.29) is 18.0 Å². The molecule has 0 saturated carbocycles. The molecule has 1 unspecified atom stereocenters. The van der Waals surface area contributed by atoms with E-state index in [0.29, 0.717) is 0 Å². The Balaban J connectivity index is 3.37. The van der Waals surface area contributed by atoms with E-state index in [9.17, 15) is 14.4 Å². The van der Waals surface area contributed by atoms with E-state index in [1.807, 2.05) is 0 Å². The third-order valence-corrected chi connectivity index (χ3v) is 3.16. The van der Waals surface area contributed by atoms with Gasteiger partial charge in [-0.1, -0.05) is 20.4 Å². The Labute approximate surface area is 106 Å². The maximum absolute atomic E-state index is 12.4. The molecule has 0 aliphatic carbocycles. The molecule has 1 atom stereocenters. The summed E-state index contributed by atoms with van der Waals surface area (Å²) in [6.45, 7) is 8.54. The summed E-state index contributed by atoms with van der Waals surface area (Å²) < 4.78 is 0. The van der Waals surface area contributed by atoms with Crippen LogP contribution in [0.4, 0.5) is 4.79 Å². The van der Waals surface area contributed by atoms with E-state index in [1.54, 1.807) is 13.8 Å². The number of hydrogen-bond donors (Lipinski definition) is 1. The van der Waals surface area contributed by atoms with Crippen LogP contribution in [0.15, 0.2) is 12.3 Å². The Morgan fingerprint density at radius 1 is 1.50 bits per heavy atom. The van der Waals surface area contributed by atoms with Gasteiger partial charge in [0.25, 0.3) is 5.91 Å². The first-order chi connectivity index (χ1) is 8.28. The molecule has 18 heavy (non-hydrogen) atoms. The monoisotopic (exact) mass is 248 g/mol. The lowest BCUT2D eigenvalue weighted by Crippen LogP contribution is -2.64. The largest absolute Gasteiger partial charge is 0.335 e. The zero-order valence-electron chi connectivity index (χ0n) is 10.7. The van der Waals surface area contributed by atoms with Gasteiger partial charge in [0, 0.05) is 12.1 Å². The molecule has 1 heterocycles. The van der Waals surface area contributed by atoms with Gasteiger partial charge in [-0.2, -0.15) is 0 Å². The van der Waals surface area contributed by atoms with Crippen molar-refractivity contribution in [2.75, 3.05) is 0 Å². The molecule has 0 aromatic rings. The third-order valence-electron chi connectivity index (χ3n) is 3.16. The predicted molar refractivity (Wildman–Crippen MR) is 65.9 cm³/mol. The summed E-state index contributed by atoms with van der Waals surface area (Å²) in [6.07, 6.45) is 5.21. The molecule has 4 amide bonds. The molecule has 1 aliphatic rings. The van der Waals surface area contributed by atoms with Gasteiger partial charge in [0.15, 0.2) is 0 Å². The number of urea groups is 1. The number of terminal acetylenes is 1. The average molecular weight is 248 g/mol. The molecule has 1 saturated heterocycles. The number of amides is 4. The summed E-state index contributed by atoms with van der Waals surface area (Å²) in [6, 6.07) is -0.772. The van der Waals surface area contributed by atoms with Crippen molar-refractivity contribution in [1.82, 2.24) is 10.2 Å². The molecule has 0 bridgehead atoms. The van der Waals surface area contributed by atoms with Gasteiger partial charge < -0.3 is 0 Å². The highest BCUT2D eigenvalue weighted by molar-refractivity contribution is 6.20. The molecule has 5 heteroatoms. The molecular formula is C13H16N2O3. The summed E-state index contributed by atoms with van der Waals surface area (Å²) in [7, 11) is 0. The molecule has 0 aromatic carbocycles. The number of nitrogens with zero attached hydrogens (tertiary/aromatic N) is 1. The summed E-state index contributed by atoms with van der Waals surface area (Å²) in [5, 5.41) is 2.17. The third kappa shape index (κ3) is 1.80. The molecule has 0 radical (unpaired) electrons. The van der Waals surface area contributed by atoms with Crippen LogP contribution in [0.25, 0.3) is 0 Å². The second-order valence-electron chi connectivity index (χ2n) is 4.64. The fourth-order valence-electron chi connectivity index (χ4n) is 2.03. The van der Waals surface area contributed by atoms with E-state index in [1.165, 1.54) is 6.92 Å². The lowest BCUT2D eigenvalue weighted by atomic mass is 9.71. The van der Waals surface area contributed by atoms with Crippen molar-refractivity contribution in [2.45, 2.75) is 27.2 Å². The van der Waals surface area contributed by atoms with Crippen molar-refractivity contribution < 1.29 is 14.4 Å². The lowest BCUT2D eigenvalue weighted by Gasteiger charge is -2.40. The zero-order chi connectivity index (χ0) is 14.1. The fraction of sp³-hybridized carbons (Fsp3) is 0.462. The molecule has 0 spiro atoms. The Morgan fingerprint density at radius 2 is 2.06 bits per heavy atom. The summed E-state index contributed by atoms with van der Waals surface area (Å²) in [5.41, 5.74) is -1.14. The lowest BCUT2D eigenvalue weighted by molar-refractivity contribution is -0.153. The van der Waals surface area contributed by atoms with Gasteiger partial charge in [0.05, 0.1) is 0 Å². The second-order valence-corrected chi connectivity index (χ2v) is 4.64. The van der Waals surface area contributed by atoms with Crippen molar-refractivity contribution in [2.24, 2.45) is 11.3 Å². The number of hydrogen-bond acceptors (Lipinski definition) is 3. The highest BCUT2D eigenvalue weighted by atomic mass is 16.2. The van der Waals surface area contributed by atoms with E-state index in [0.717, 1.165) is 4.90 Å². The van der Waals surface area contributed by atoms with Crippen LogP contribution in [0.2, 0.25) is 0 Å². The Morgan fingerprint density at radius 3 is 2.44 bits per heavy atom. The molecule has 1 aliphatic heterocycles. The van der Waals surface area contributed by atoms with Crippen LogP contribution in [0.5, 0.6) is 0 Å². The Hall–Kier alpha value is -2.09. The van der Waals surface area contributed by atoms with Crippen LogP contribution in [-0.2, 0) is 9.59 Å². The first-order valence-corrected chi connectivity index (χ1v) is 5.58. The van der Waals surface area contributed by atoms with E-state index in [4.69, 9.17) is 6.42 Å². The minimum atomic E-state index is -1.40. The van der Waals surface area contributed by atoms with Crippen molar-refractivity contribution in [3.63, 3.8) is 0 Å². The van der Waals surface area contributed by atoms with Crippen LogP contribution in [0, 0.1) is 23.7 Å². The molecule has 1 rings (SSSR count). The number of allylic oxidation sites excluding steroid dienone is 1. The van der Waals surface area contributed by atoms with E-state index >= 15 is 0 Å². The van der Waals surface area contributed by atoms with E-state index in [2.05, 4.69) is 17.8 Å². The number of nitrogens with one attached hydrogen (secondary N) is 1. The van der Waals surface area contributed by atoms with Crippen LogP contribution in [-0.4, -0.2) is 22.7 Å². The van der Waals surface area contributed by atoms with Crippen molar-refractivity contribution >= 4 is 17.8 Å². The minimum Gasteiger partial charge on any atom is -0.276 e. The van der Waals surface area contributed by atoms with Crippen molar-refractivity contribution in [3.8, 4) is 12.3 Å². The smallest absolute Gasteiger partial charge is 0.276 e. The van der Waals surface area contributed by atoms with Crippen LogP contribution < -0.4 is 5.32 Å². The quantitative estimate of drug-likeness (QED) is 0.604. The molecule has 5 nitrogen and oxygen atoms in total. The summed E-state index contributed by atoms with van der Waals surface area (Å²) >= 11 is 0. The molecule has 0 aromatic heterocycles. The summed E-state index contributed by atoms with van der Waals surface area (Å²) in [4.78, 5) is 37.0.